The average molecular weight is 373 g/mol. The summed E-state index contributed by atoms with van der Waals surface area (Å²) in [5, 5.41) is 4.06. The van der Waals surface area contributed by atoms with Gasteiger partial charge in [0.2, 0.25) is 5.95 Å². The maximum Gasteiger partial charge on any atom is 0.416 e. The fraction of sp³-hybridized carbons (Fsp3) is 0.263. The molecule has 4 rings (SSSR count). The lowest BCUT2D eigenvalue weighted by Crippen LogP contribution is -2.16. The van der Waals surface area contributed by atoms with Gasteiger partial charge in [-0.05, 0) is 42.8 Å². The number of nitrogens with one attached hydrogen (secondary N) is 1. The molecule has 1 aliphatic heterocycles. The Morgan fingerprint density at radius 3 is 2.78 bits per heavy atom. The van der Waals surface area contributed by atoms with Crippen LogP contribution in [0.1, 0.15) is 24.1 Å². The second kappa shape index (κ2) is 6.29. The van der Waals surface area contributed by atoms with E-state index in [0.717, 1.165) is 36.1 Å². The van der Waals surface area contributed by atoms with Crippen molar-refractivity contribution in [2.45, 2.75) is 25.7 Å². The first kappa shape index (κ1) is 17.4. The highest BCUT2D eigenvalue weighted by atomic mass is 19.4. The molecule has 2 heterocycles. The molecule has 3 aromatic rings. The van der Waals surface area contributed by atoms with Crippen molar-refractivity contribution in [2.75, 3.05) is 17.6 Å². The number of halogens is 3. The number of para-hydroxylation sites is 1. The fourth-order valence-electron chi connectivity index (χ4n) is 3.31. The Labute approximate surface area is 153 Å². The molecule has 5 nitrogen and oxygen atoms in total. The molecular weight excluding hydrogens is 355 g/mol. The first-order chi connectivity index (χ1) is 12.8. The van der Waals surface area contributed by atoms with Crippen LogP contribution in [0.2, 0.25) is 0 Å². The van der Waals surface area contributed by atoms with E-state index in [1.807, 2.05) is 24.3 Å². The molecule has 1 aromatic heterocycles. The van der Waals surface area contributed by atoms with Crippen LogP contribution in [0.3, 0.4) is 0 Å². The van der Waals surface area contributed by atoms with Crippen molar-refractivity contribution in [1.82, 2.24) is 9.55 Å². The maximum absolute atomic E-state index is 13.1. The molecule has 3 N–H and O–H groups in total. The largest absolute Gasteiger partial charge is 0.416 e. The minimum absolute atomic E-state index is 0.0610. The highest BCUT2D eigenvalue weighted by Gasteiger charge is 2.31. The number of fused-ring (bicyclic) bond motifs is 3. The maximum atomic E-state index is 13.1. The Bertz CT molecular complexity index is 1080. The average Bonchev–Trinajstić information content (AvgIpc) is 3.09. The van der Waals surface area contributed by atoms with Gasteiger partial charge in [-0.15, -0.1) is 0 Å². The van der Waals surface area contributed by atoms with Crippen LogP contribution in [0.25, 0.3) is 10.9 Å². The predicted molar refractivity (Wildman–Crippen MR) is 98.1 cm³/mol. The predicted octanol–water partition coefficient (Wildman–Crippen LogP) is 3.72. The van der Waals surface area contributed by atoms with Gasteiger partial charge in [-0.3, -0.25) is 4.99 Å². The molecule has 1 atom stereocenters. The van der Waals surface area contributed by atoms with Crippen LogP contribution >= 0.6 is 0 Å². The molecule has 0 bridgehead atoms. The van der Waals surface area contributed by atoms with Crippen LogP contribution in [0.4, 0.5) is 24.8 Å². The third kappa shape index (κ3) is 3.22. The van der Waals surface area contributed by atoms with Gasteiger partial charge >= 0.3 is 6.18 Å². The van der Waals surface area contributed by atoms with E-state index in [-0.39, 0.29) is 5.69 Å². The highest BCUT2D eigenvalue weighted by Crippen LogP contribution is 2.33. The summed E-state index contributed by atoms with van der Waals surface area (Å²) in [5.74, 6) is 0.711. The van der Waals surface area contributed by atoms with Gasteiger partial charge < -0.3 is 15.6 Å². The lowest BCUT2D eigenvalue weighted by Gasteiger charge is -2.13. The SMILES string of the molecule is C[C@@H](N=c1nc2n(c3ccccc13)CCN2)c1cc(N)cc(C(F)(F)F)c1. The number of aromatic nitrogens is 2. The number of nitrogens with two attached hydrogens (primary N) is 1. The number of nitrogens with zero attached hydrogens (tertiary/aromatic N) is 3. The fourth-order valence-corrected chi connectivity index (χ4v) is 3.31. The summed E-state index contributed by atoms with van der Waals surface area (Å²) in [4.78, 5) is 9.18. The van der Waals surface area contributed by atoms with Gasteiger partial charge in [-0.1, -0.05) is 12.1 Å². The van der Waals surface area contributed by atoms with Crippen molar-refractivity contribution in [3.8, 4) is 0 Å². The van der Waals surface area contributed by atoms with Crippen LogP contribution in [0.5, 0.6) is 0 Å². The van der Waals surface area contributed by atoms with Gasteiger partial charge in [0.1, 0.15) is 0 Å². The molecule has 0 amide bonds. The van der Waals surface area contributed by atoms with Crippen LogP contribution in [0.15, 0.2) is 47.5 Å². The summed E-state index contributed by atoms with van der Waals surface area (Å²) < 4.78 is 41.3. The quantitative estimate of drug-likeness (QED) is 0.673. The molecule has 0 aliphatic carbocycles. The van der Waals surface area contributed by atoms with Crippen molar-refractivity contribution in [1.29, 1.82) is 0 Å². The Kier molecular flexibility index (Phi) is 4.05. The summed E-state index contributed by atoms with van der Waals surface area (Å²) in [5.41, 5.74) is 6.85. The smallest absolute Gasteiger partial charge is 0.399 e. The number of alkyl halides is 3. The van der Waals surface area contributed by atoms with E-state index in [4.69, 9.17) is 5.73 Å². The first-order valence-electron chi connectivity index (χ1n) is 8.58. The van der Waals surface area contributed by atoms with Crippen molar-refractivity contribution in [2.24, 2.45) is 4.99 Å². The third-order valence-corrected chi connectivity index (χ3v) is 4.63. The second-order valence-electron chi connectivity index (χ2n) is 6.55. The zero-order valence-electron chi connectivity index (χ0n) is 14.6. The summed E-state index contributed by atoms with van der Waals surface area (Å²) >= 11 is 0. The Morgan fingerprint density at radius 2 is 2.00 bits per heavy atom. The lowest BCUT2D eigenvalue weighted by molar-refractivity contribution is -0.137. The van der Waals surface area contributed by atoms with Crippen molar-refractivity contribution < 1.29 is 13.2 Å². The van der Waals surface area contributed by atoms with Gasteiger partial charge in [0.05, 0.1) is 17.1 Å². The van der Waals surface area contributed by atoms with Crippen LogP contribution in [-0.2, 0) is 12.7 Å². The number of anilines is 2. The van der Waals surface area contributed by atoms with Crippen LogP contribution in [-0.4, -0.2) is 16.1 Å². The standard InChI is InChI=1S/C19H18F3N5/c1-11(12-8-13(19(20,21)22)10-14(23)9-12)25-17-15-4-2-3-5-16(15)27-7-6-24-18(27)26-17/h2-5,8-11H,6-7,23H2,1H3,(H,24,25,26)/t11-/m1/s1. The second-order valence-corrected chi connectivity index (χ2v) is 6.55. The molecule has 0 saturated heterocycles. The summed E-state index contributed by atoms with van der Waals surface area (Å²) in [6.45, 7) is 3.32. The van der Waals surface area contributed by atoms with Gasteiger partial charge in [-0.2, -0.15) is 18.2 Å². The molecule has 0 unspecified atom stereocenters. The van der Waals surface area contributed by atoms with E-state index in [1.165, 1.54) is 6.07 Å². The molecule has 0 radical (unpaired) electrons. The van der Waals surface area contributed by atoms with E-state index in [0.29, 0.717) is 17.0 Å². The van der Waals surface area contributed by atoms with Crippen LogP contribution < -0.4 is 16.5 Å². The first-order valence-corrected chi connectivity index (χ1v) is 8.58. The molecule has 0 fully saturated rings. The molecule has 140 valence electrons. The summed E-state index contributed by atoms with van der Waals surface area (Å²) in [7, 11) is 0. The molecule has 8 heteroatoms. The van der Waals surface area contributed by atoms with Crippen molar-refractivity contribution in [3.05, 3.63) is 59.1 Å². The van der Waals surface area contributed by atoms with Gasteiger partial charge in [0.15, 0.2) is 5.49 Å². The molecule has 0 spiro atoms. The van der Waals surface area contributed by atoms with Gasteiger partial charge in [0.25, 0.3) is 0 Å². The summed E-state index contributed by atoms with van der Waals surface area (Å²) in [6.07, 6.45) is -4.46. The molecular formula is C19H18F3N5. The van der Waals surface area contributed by atoms with Crippen molar-refractivity contribution >= 4 is 22.5 Å². The number of hydrogen-bond acceptors (Lipinski definition) is 4. The Hall–Kier alpha value is -3.03. The van der Waals surface area contributed by atoms with Gasteiger partial charge in [-0.25, -0.2) is 0 Å². The molecule has 27 heavy (non-hydrogen) atoms. The zero-order chi connectivity index (χ0) is 19.2. The number of hydrogen-bond donors (Lipinski definition) is 2. The van der Waals surface area contributed by atoms with Crippen molar-refractivity contribution in [3.63, 3.8) is 0 Å². The molecule has 0 saturated carbocycles. The minimum atomic E-state index is -4.46. The Balaban J connectivity index is 1.86. The van der Waals surface area contributed by atoms with E-state index < -0.39 is 17.8 Å². The number of rotatable bonds is 2. The number of nitrogen functional groups attached to an aromatic ring is 1. The zero-order valence-corrected chi connectivity index (χ0v) is 14.6. The van der Waals surface area contributed by atoms with Crippen LogP contribution in [0, 0.1) is 0 Å². The van der Waals surface area contributed by atoms with E-state index in [1.54, 1.807) is 6.92 Å². The minimum Gasteiger partial charge on any atom is -0.399 e. The Morgan fingerprint density at radius 1 is 1.22 bits per heavy atom. The number of benzene rings is 2. The lowest BCUT2D eigenvalue weighted by atomic mass is 10.0. The topological polar surface area (TPSA) is 68.2 Å². The highest BCUT2D eigenvalue weighted by molar-refractivity contribution is 5.79. The summed E-state index contributed by atoms with van der Waals surface area (Å²) in [6, 6.07) is 10.7. The van der Waals surface area contributed by atoms with E-state index in [2.05, 4.69) is 19.9 Å². The molecule has 2 aromatic carbocycles. The van der Waals surface area contributed by atoms with Gasteiger partial charge in [0, 0.05) is 24.2 Å². The third-order valence-electron chi connectivity index (χ3n) is 4.63. The van der Waals surface area contributed by atoms with E-state index in [9.17, 15) is 13.2 Å². The molecule has 1 aliphatic rings. The monoisotopic (exact) mass is 373 g/mol. The normalized spacial score (nSPS) is 15.6. The van der Waals surface area contributed by atoms with E-state index >= 15 is 0 Å².